The van der Waals surface area contributed by atoms with Gasteiger partial charge in [-0.3, -0.25) is 4.79 Å². The summed E-state index contributed by atoms with van der Waals surface area (Å²) in [5.41, 5.74) is 0.640. The zero-order chi connectivity index (χ0) is 14.9. The number of pyridine rings is 1. The van der Waals surface area contributed by atoms with Crippen molar-refractivity contribution in [3.63, 3.8) is 0 Å². The molecule has 0 radical (unpaired) electrons. The van der Waals surface area contributed by atoms with E-state index < -0.39 is 0 Å². The van der Waals surface area contributed by atoms with Gasteiger partial charge in [0.2, 0.25) is 0 Å². The van der Waals surface area contributed by atoms with E-state index >= 15 is 0 Å². The number of aromatic nitrogens is 1. The van der Waals surface area contributed by atoms with Crippen molar-refractivity contribution in [2.45, 2.75) is 17.6 Å². The molecule has 4 nitrogen and oxygen atoms in total. The van der Waals surface area contributed by atoms with Crippen molar-refractivity contribution in [3.8, 4) is 0 Å². The van der Waals surface area contributed by atoms with Crippen molar-refractivity contribution in [1.29, 1.82) is 0 Å². The van der Waals surface area contributed by atoms with Crippen molar-refractivity contribution in [3.05, 3.63) is 36.0 Å². The molecule has 3 rings (SSSR count). The third kappa shape index (κ3) is 2.70. The Hall–Kier alpha value is -1.75. The summed E-state index contributed by atoms with van der Waals surface area (Å²) in [6.07, 6.45) is 6.14. The summed E-state index contributed by atoms with van der Waals surface area (Å²) in [7, 11) is 1.84. The molecule has 0 bridgehead atoms. The van der Waals surface area contributed by atoms with Gasteiger partial charge in [-0.1, -0.05) is 24.3 Å². The lowest BCUT2D eigenvalue weighted by atomic mass is 10.1. The lowest BCUT2D eigenvalue weighted by Gasteiger charge is -2.14. The third-order valence-electron chi connectivity index (χ3n) is 4.09. The molecule has 1 aliphatic rings. The van der Waals surface area contributed by atoms with E-state index in [4.69, 9.17) is 0 Å². The van der Waals surface area contributed by atoms with E-state index in [9.17, 15) is 4.79 Å². The molecular weight excluding hydrogens is 282 g/mol. The second kappa shape index (κ2) is 5.56. The van der Waals surface area contributed by atoms with E-state index in [0.717, 1.165) is 23.1 Å². The number of benzene rings is 1. The molecule has 5 heteroatoms. The molecule has 0 unspecified atom stereocenters. The third-order valence-corrected chi connectivity index (χ3v) is 5.51. The number of nitrogens with zero attached hydrogens (tertiary/aromatic N) is 1. The Morgan fingerprint density at radius 1 is 1.33 bits per heavy atom. The van der Waals surface area contributed by atoms with Gasteiger partial charge in [0.1, 0.15) is 5.82 Å². The van der Waals surface area contributed by atoms with Gasteiger partial charge in [0.25, 0.3) is 5.91 Å². The van der Waals surface area contributed by atoms with Crippen LogP contribution in [0.15, 0.2) is 30.5 Å². The number of thioether (sulfide) groups is 1. The summed E-state index contributed by atoms with van der Waals surface area (Å²) in [5, 5.41) is 8.03. The van der Waals surface area contributed by atoms with Crippen molar-refractivity contribution in [2.24, 2.45) is 0 Å². The van der Waals surface area contributed by atoms with Gasteiger partial charge >= 0.3 is 0 Å². The number of hydrogen-bond acceptors (Lipinski definition) is 4. The standard InChI is InChI=1S/C16H19N3OS/c1-17-14-12-6-4-3-5-11(12)13(9-18-14)15(20)19-10-16(21-2)7-8-16/h3-6,9H,7-8,10H2,1-2H3,(H,17,18)(H,19,20). The van der Waals surface area contributed by atoms with Gasteiger partial charge in [-0.2, -0.15) is 11.8 Å². The Kier molecular flexibility index (Phi) is 3.76. The van der Waals surface area contributed by atoms with Crippen LogP contribution in [-0.2, 0) is 0 Å². The van der Waals surface area contributed by atoms with E-state index in [2.05, 4.69) is 21.9 Å². The molecule has 110 valence electrons. The second-order valence-electron chi connectivity index (χ2n) is 5.39. The largest absolute Gasteiger partial charge is 0.373 e. The van der Waals surface area contributed by atoms with Gasteiger partial charge in [0.05, 0.1) is 5.56 Å². The highest BCUT2D eigenvalue weighted by atomic mass is 32.2. The fourth-order valence-electron chi connectivity index (χ4n) is 2.50. The summed E-state index contributed by atoms with van der Waals surface area (Å²) < 4.78 is 0.268. The van der Waals surface area contributed by atoms with Crippen LogP contribution >= 0.6 is 11.8 Å². The molecule has 2 N–H and O–H groups in total. The first-order chi connectivity index (χ1) is 10.2. The molecule has 2 aromatic rings. The highest BCUT2D eigenvalue weighted by Crippen LogP contribution is 2.46. The zero-order valence-corrected chi connectivity index (χ0v) is 13.1. The molecule has 0 spiro atoms. The summed E-state index contributed by atoms with van der Waals surface area (Å²) in [6, 6.07) is 7.85. The zero-order valence-electron chi connectivity index (χ0n) is 12.3. The maximum Gasteiger partial charge on any atom is 0.253 e. The fourth-order valence-corrected chi connectivity index (χ4v) is 3.23. The van der Waals surface area contributed by atoms with E-state index in [1.165, 1.54) is 12.8 Å². The van der Waals surface area contributed by atoms with Crippen LogP contribution in [0.1, 0.15) is 23.2 Å². The molecule has 1 saturated carbocycles. The Balaban J connectivity index is 1.88. The minimum Gasteiger partial charge on any atom is -0.373 e. The molecule has 1 aliphatic carbocycles. The van der Waals surface area contributed by atoms with Crippen LogP contribution in [0.25, 0.3) is 10.8 Å². The normalized spacial score (nSPS) is 15.7. The highest BCUT2D eigenvalue weighted by Gasteiger charge is 2.42. The van der Waals surface area contributed by atoms with Crippen LogP contribution in [0.3, 0.4) is 0 Å². The van der Waals surface area contributed by atoms with Crippen LogP contribution in [0.4, 0.5) is 5.82 Å². The van der Waals surface area contributed by atoms with E-state index in [0.29, 0.717) is 5.56 Å². The summed E-state index contributed by atoms with van der Waals surface area (Å²) >= 11 is 1.84. The second-order valence-corrected chi connectivity index (χ2v) is 6.66. The first kappa shape index (κ1) is 14.2. The lowest BCUT2D eigenvalue weighted by molar-refractivity contribution is 0.0954. The molecular formula is C16H19N3OS. The predicted octanol–water partition coefficient (Wildman–Crippen LogP) is 2.90. The average molecular weight is 301 g/mol. The van der Waals surface area contributed by atoms with Crippen LogP contribution in [-0.4, -0.2) is 35.5 Å². The molecule has 0 aliphatic heterocycles. The number of amides is 1. The quantitative estimate of drug-likeness (QED) is 0.891. The Morgan fingerprint density at radius 2 is 2.05 bits per heavy atom. The van der Waals surface area contributed by atoms with Crippen LogP contribution in [0.2, 0.25) is 0 Å². The average Bonchev–Trinajstić information content (AvgIpc) is 3.32. The molecule has 1 aromatic heterocycles. The topological polar surface area (TPSA) is 54.0 Å². The van der Waals surface area contributed by atoms with E-state index in [-0.39, 0.29) is 10.7 Å². The van der Waals surface area contributed by atoms with Gasteiger partial charge in [0.15, 0.2) is 0 Å². The molecule has 1 amide bonds. The molecule has 0 saturated heterocycles. The maximum atomic E-state index is 12.5. The minimum atomic E-state index is -0.0401. The van der Waals surface area contributed by atoms with Gasteiger partial charge in [-0.15, -0.1) is 0 Å². The SMILES string of the molecule is CNc1ncc(C(=O)NCC2(SC)CC2)c2ccccc12. The lowest BCUT2D eigenvalue weighted by Crippen LogP contribution is -2.31. The van der Waals surface area contributed by atoms with Crippen molar-refractivity contribution in [2.75, 3.05) is 25.2 Å². The number of fused-ring (bicyclic) bond motifs is 1. The first-order valence-electron chi connectivity index (χ1n) is 7.08. The molecule has 21 heavy (non-hydrogen) atoms. The highest BCUT2D eigenvalue weighted by molar-refractivity contribution is 8.00. The smallest absolute Gasteiger partial charge is 0.253 e. The number of carbonyl (C=O) groups excluding carboxylic acids is 1. The van der Waals surface area contributed by atoms with Crippen molar-refractivity contribution in [1.82, 2.24) is 10.3 Å². The molecule has 0 atom stereocenters. The van der Waals surface area contributed by atoms with Crippen LogP contribution < -0.4 is 10.6 Å². The number of anilines is 1. The van der Waals surface area contributed by atoms with Crippen LogP contribution in [0, 0.1) is 0 Å². The van der Waals surface area contributed by atoms with Crippen molar-refractivity contribution >= 4 is 34.3 Å². The molecule has 1 aromatic carbocycles. The fraction of sp³-hybridized carbons (Fsp3) is 0.375. The summed E-state index contributed by atoms with van der Waals surface area (Å²) in [5.74, 6) is 0.756. The molecule has 1 fully saturated rings. The predicted molar refractivity (Wildman–Crippen MR) is 89.1 cm³/mol. The maximum absolute atomic E-state index is 12.5. The Bertz CT molecular complexity index is 682. The summed E-state index contributed by atoms with van der Waals surface area (Å²) in [4.78, 5) is 16.8. The number of nitrogens with one attached hydrogen (secondary N) is 2. The van der Waals surface area contributed by atoms with E-state index in [1.807, 2.05) is 43.1 Å². The number of hydrogen-bond donors (Lipinski definition) is 2. The first-order valence-corrected chi connectivity index (χ1v) is 8.30. The Morgan fingerprint density at radius 3 is 2.67 bits per heavy atom. The van der Waals surface area contributed by atoms with Gasteiger partial charge in [-0.25, -0.2) is 4.98 Å². The van der Waals surface area contributed by atoms with E-state index in [1.54, 1.807) is 6.20 Å². The monoisotopic (exact) mass is 301 g/mol. The van der Waals surface area contributed by atoms with Crippen LogP contribution in [0.5, 0.6) is 0 Å². The van der Waals surface area contributed by atoms with Gasteiger partial charge in [0, 0.05) is 29.9 Å². The minimum absolute atomic E-state index is 0.0401. The Labute approximate surface area is 128 Å². The van der Waals surface area contributed by atoms with Gasteiger partial charge in [-0.05, 0) is 24.5 Å². The van der Waals surface area contributed by atoms with Crippen molar-refractivity contribution < 1.29 is 4.79 Å². The van der Waals surface area contributed by atoms with Gasteiger partial charge < -0.3 is 10.6 Å². The molecule has 1 heterocycles. The number of rotatable bonds is 5. The number of carbonyl (C=O) groups is 1. The summed E-state index contributed by atoms with van der Waals surface area (Å²) in [6.45, 7) is 0.731.